The highest BCUT2D eigenvalue weighted by Gasteiger charge is 1.96. The summed E-state index contributed by atoms with van der Waals surface area (Å²) in [6.45, 7) is 4.51. The van der Waals surface area contributed by atoms with Crippen molar-refractivity contribution in [2.24, 2.45) is 0 Å². The molecule has 0 aliphatic heterocycles. The van der Waals surface area contributed by atoms with E-state index >= 15 is 0 Å². The third-order valence-electron chi connectivity index (χ3n) is 2.59. The number of unbranched alkanes of at least 4 members (excludes halogenated alkanes) is 1. The van der Waals surface area contributed by atoms with Gasteiger partial charge in [0.1, 0.15) is 0 Å². The fourth-order valence-electron chi connectivity index (χ4n) is 1.78. The molecule has 0 aliphatic carbocycles. The van der Waals surface area contributed by atoms with E-state index in [4.69, 9.17) is 0 Å². The SMILES string of the molecule is CCCCC(=Cc1ccccc1)CCC. The molecule has 1 rings (SSSR count). The highest BCUT2D eigenvalue weighted by molar-refractivity contribution is 5.52. The Bertz CT molecular complexity index is 282. The van der Waals surface area contributed by atoms with Crippen LogP contribution in [-0.2, 0) is 0 Å². The Morgan fingerprint density at radius 3 is 2.33 bits per heavy atom. The van der Waals surface area contributed by atoms with Crippen LogP contribution in [0.5, 0.6) is 0 Å². The van der Waals surface area contributed by atoms with E-state index in [1.54, 1.807) is 5.57 Å². The smallest absolute Gasteiger partial charge is 0.0257 e. The van der Waals surface area contributed by atoms with Crippen molar-refractivity contribution < 1.29 is 0 Å². The third kappa shape index (κ3) is 4.83. The molecule has 0 nitrogen and oxygen atoms in total. The zero-order valence-electron chi connectivity index (χ0n) is 10.00. The van der Waals surface area contributed by atoms with Gasteiger partial charge in [0.05, 0.1) is 0 Å². The molecule has 0 heteroatoms. The largest absolute Gasteiger partial charge is 0.0696 e. The molecule has 1 aromatic carbocycles. The lowest BCUT2D eigenvalue weighted by atomic mass is 10.0. The van der Waals surface area contributed by atoms with E-state index in [1.165, 1.54) is 37.7 Å². The highest BCUT2D eigenvalue weighted by Crippen LogP contribution is 2.17. The quantitative estimate of drug-likeness (QED) is 0.605. The van der Waals surface area contributed by atoms with Gasteiger partial charge in [0.25, 0.3) is 0 Å². The molecule has 0 bridgehead atoms. The van der Waals surface area contributed by atoms with Crippen molar-refractivity contribution in [2.75, 3.05) is 0 Å². The van der Waals surface area contributed by atoms with Crippen molar-refractivity contribution in [2.45, 2.75) is 46.0 Å². The topological polar surface area (TPSA) is 0 Å². The maximum absolute atomic E-state index is 2.36. The maximum Gasteiger partial charge on any atom is -0.0257 e. The van der Waals surface area contributed by atoms with Crippen LogP contribution < -0.4 is 0 Å². The molecule has 15 heavy (non-hydrogen) atoms. The van der Waals surface area contributed by atoms with Gasteiger partial charge < -0.3 is 0 Å². The Labute approximate surface area is 94.0 Å². The van der Waals surface area contributed by atoms with Gasteiger partial charge in [0.2, 0.25) is 0 Å². The van der Waals surface area contributed by atoms with Crippen LogP contribution in [0.2, 0.25) is 0 Å². The second kappa shape index (κ2) is 7.28. The average Bonchev–Trinajstić information content (AvgIpc) is 2.28. The molecule has 1 aromatic rings. The van der Waals surface area contributed by atoms with E-state index in [0.717, 1.165) is 0 Å². The first-order chi connectivity index (χ1) is 7.36. The Kier molecular flexibility index (Phi) is 5.84. The minimum Gasteiger partial charge on any atom is -0.0696 e. The van der Waals surface area contributed by atoms with Gasteiger partial charge in [-0.25, -0.2) is 0 Å². The number of rotatable bonds is 6. The molecule has 0 radical (unpaired) electrons. The molecule has 0 unspecified atom stereocenters. The van der Waals surface area contributed by atoms with Crippen LogP contribution in [-0.4, -0.2) is 0 Å². The molecule has 0 aliphatic rings. The van der Waals surface area contributed by atoms with Crippen molar-refractivity contribution in [3.8, 4) is 0 Å². The summed E-state index contributed by atoms with van der Waals surface area (Å²) in [7, 11) is 0. The number of hydrogen-bond acceptors (Lipinski definition) is 0. The Hall–Kier alpha value is -1.04. The second-order valence-corrected chi connectivity index (χ2v) is 4.07. The normalized spacial score (nSPS) is 11.7. The van der Waals surface area contributed by atoms with Crippen LogP contribution in [0.4, 0.5) is 0 Å². The molecule has 0 atom stereocenters. The van der Waals surface area contributed by atoms with Gasteiger partial charge in [-0.05, 0) is 24.8 Å². The molecule has 0 spiro atoms. The molecule has 0 aromatic heterocycles. The molecular formula is C15H22. The van der Waals surface area contributed by atoms with Crippen LogP contribution in [0.1, 0.15) is 51.5 Å². The van der Waals surface area contributed by atoms with Crippen LogP contribution in [0, 0.1) is 0 Å². The van der Waals surface area contributed by atoms with Crippen LogP contribution in [0.25, 0.3) is 6.08 Å². The zero-order chi connectivity index (χ0) is 10.9. The van der Waals surface area contributed by atoms with Crippen molar-refractivity contribution in [1.29, 1.82) is 0 Å². The molecule has 0 saturated heterocycles. The van der Waals surface area contributed by atoms with Gasteiger partial charge in [0.15, 0.2) is 0 Å². The predicted molar refractivity (Wildman–Crippen MR) is 68.9 cm³/mol. The van der Waals surface area contributed by atoms with E-state index in [0.29, 0.717) is 0 Å². The van der Waals surface area contributed by atoms with E-state index < -0.39 is 0 Å². The van der Waals surface area contributed by atoms with Gasteiger partial charge in [-0.2, -0.15) is 0 Å². The van der Waals surface area contributed by atoms with Crippen molar-refractivity contribution in [3.63, 3.8) is 0 Å². The summed E-state index contributed by atoms with van der Waals surface area (Å²) in [6, 6.07) is 10.6. The summed E-state index contributed by atoms with van der Waals surface area (Å²) in [5.74, 6) is 0. The lowest BCUT2D eigenvalue weighted by molar-refractivity contribution is 0.748. The first-order valence-corrected chi connectivity index (χ1v) is 6.11. The molecular weight excluding hydrogens is 180 g/mol. The average molecular weight is 202 g/mol. The van der Waals surface area contributed by atoms with Gasteiger partial charge in [-0.1, -0.05) is 68.7 Å². The van der Waals surface area contributed by atoms with Gasteiger partial charge >= 0.3 is 0 Å². The van der Waals surface area contributed by atoms with E-state index in [-0.39, 0.29) is 0 Å². The summed E-state index contributed by atoms with van der Waals surface area (Å²) in [4.78, 5) is 0. The van der Waals surface area contributed by atoms with E-state index in [1.807, 2.05) is 0 Å². The standard InChI is InChI=1S/C15H22/c1-3-5-10-14(9-4-2)13-15-11-7-6-8-12-15/h6-8,11-13H,3-5,9-10H2,1-2H3. The maximum atomic E-state index is 2.36. The van der Waals surface area contributed by atoms with Crippen molar-refractivity contribution in [1.82, 2.24) is 0 Å². The van der Waals surface area contributed by atoms with Crippen molar-refractivity contribution >= 4 is 6.08 Å². The van der Waals surface area contributed by atoms with Crippen molar-refractivity contribution in [3.05, 3.63) is 41.5 Å². The molecule has 82 valence electrons. The summed E-state index contributed by atoms with van der Waals surface area (Å²) in [5.41, 5.74) is 2.95. The van der Waals surface area contributed by atoms with Crippen LogP contribution in [0.15, 0.2) is 35.9 Å². The van der Waals surface area contributed by atoms with Gasteiger partial charge in [-0.3, -0.25) is 0 Å². The number of allylic oxidation sites excluding steroid dienone is 1. The van der Waals surface area contributed by atoms with Gasteiger partial charge in [0, 0.05) is 0 Å². The molecule has 0 fully saturated rings. The highest BCUT2D eigenvalue weighted by atomic mass is 14.0. The number of benzene rings is 1. The Balaban J connectivity index is 2.65. The minimum atomic E-state index is 1.24. The third-order valence-corrected chi connectivity index (χ3v) is 2.59. The van der Waals surface area contributed by atoms with Crippen LogP contribution >= 0.6 is 0 Å². The fourth-order valence-corrected chi connectivity index (χ4v) is 1.78. The molecule has 0 saturated carbocycles. The molecule has 0 amide bonds. The molecule has 0 heterocycles. The van der Waals surface area contributed by atoms with E-state index in [2.05, 4.69) is 50.3 Å². The van der Waals surface area contributed by atoms with Gasteiger partial charge in [-0.15, -0.1) is 0 Å². The first kappa shape index (κ1) is 12.0. The first-order valence-electron chi connectivity index (χ1n) is 6.11. The van der Waals surface area contributed by atoms with Crippen LogP contribution in [0.3, 0.4) is 0 Å². The summed E-state index contributed by atoms with van der Waals surface area (Å²) < 4.78 is 0. The Morgan fingerprint density at radius 1 is 1.00 bits per heavy atom. The summed E-state index contributed by atoms with van der Waals surface area (Å²) in [5, 5.41) is 0. The predicted octanol–water partition coefficient (Wildman–Crippen LogP) is 5.06. The zero-order valence-corrected chi connectivity index (χ0v) is 10.00. The minimum absolute atomic E-state index is 1.24. The lowest BCUT2D eigenvalue weighted by Crippen LogP contribution is -1.84. The summed E-state index contributed by atoms with van der Waals surface area (Å²) in [6.07, 6.45) is 8.73. The molecule has 0 N–H and O–H groups in total. The fraction of sp³-hybridized carbons (Fsp3) is 0.467. The lowest BCUT2D eigenvalue weighted by Gasteiger charge is -2.05. The Morgan fingerprint density at radius 2 is 1.73 bits per heavy atom. The number of hydrogen-bond donors (Lipinski definition) is 0. The summed E-state index contributed by atoms with van der Waals surface area (Å²) >= 11 is 0. The van der Waals surface area contributed by atoms with E-state index in [9.17, 15) is 0 Å². The second-order valence-electron chi connectivity index (χ2n) is 4.07. The monoisotopic (exact) mass is 202 g/mol.